The van der Waals surface area contributed by atoms with Crippen molar-refractivity contribution in [2.24, 2.45) is 0 Å². The van der Waals surface area contributed by atoms with E-state index >= 15 is 0 Å². The van der Waals surface area contributed by atoms with Crippen molar-refractivity contribution in [1.29, 1.82) is 0 Å². The van der Waals surface area contributed by atoms with Gasteiger partial charge in [0.15, 0.2) is 11.5 Å². The lowest BCUT2D eigenvalue weighted by Gasteiger charge is -2.10. The van der Waals surface area contributed by atoms with E-state index < -0.39 is 11.5 Å². The standard InChI is InChI=1S/C18H17NO5/c1-4-23-13-6-5-11(9-15(13)22-3)8-14-12-7-10(2)19-17(20)16(12)18(21)24-14/h5-9H,4H2,1-3H3,(H,19,20)/b14-8+. The van der Waals surface area contributed by atoms with Gasteiger partial charge in [0.05, 0.1) is 13.7 Å². The van der Waals surface area contributed by atoms with E-state index in [9.17, 15) is 9.59 Å². The van der Waals surface area contributed by atoms with Gasteiger partial charge in [-0.2, -0.15) is 0 Å². The van der Waals surface area contributed by atoms with Crippen molar-refractivity contribution in [3.63, 3.8) is 0 Å². The van der Waals surface area contributed by atoms with Gasteiger partial charge in [0, 0.05) is 11.3 Å². The molecule has 0 amide bonds. The molecular weight excluding hydrogens is 310 g/mol. The number of methoxy groups -OCH3 is 1. The third-order valence-electron chi connectivity index (χ3n) is 3.63. The minimum atomic E-state index is -0.643. The molecular formula is C18H17NO5. The number of carbonyl (C=O) groups is 1. The molecule has 0 saturated heterocycles. The van der Waals surface area contributed by atoms with Crippen LogP contribution < -0.4 is 15.0 Å². The molecule has 0 radical (unpaired) electrons. The topological polar surface area (TPSA) is 77.6 Å². The smallest absolute Gasteiger partial charge is 0.349 e. The molecule has 24 heavy (non-hydrogen) atoms. The molecule has 1 aromatic carbocycles. The minimum absolute atomic E-state index is 0.0322. The fourth-order valence-electron chi connectivity index (χ4n) is 2.60. The predicted octanol–water partition coefficient (Wildman–Crippen LogP) is 2.76. The number of pyridine rings is 1. The van der Waals surface area contributed by atoms with Gasteiger partial charge in [0.25, 0.3) is 5.56 Å². The molecule has 0 saturated carbocycles. The van der Waals surface area contributed by atoms with E-state index in [1.54, 1.807) is 38.3 Å². The number of benzene rings is 1. The van der Waals surface area contributed by atoms with E-state index in [1.807, 2.05) is 13.0 Å². The van der Waals surface area contributed by atoms with Crippen LogP contribution in [0.1, 0.15) is 34.1 Å². The van der Waals surface area contributed by atoms with Crippen molar-refractivity contribution in [2.45, 2.75) is 13.8 Å². The van der Waals surface area contributed by atoms with Crippen LogP contribution in [0.15, 0.2) is 29.1 Å². The molecule has 6 nitrogen and oxygen atoms in total. The molecule has 1 aliphatic rings. The van der Waals surface area contributed by atoms with Crippen molar-refractivity contribution >= 4 is 17.8 Å². The van der Waals surface area contributed by atoms with Crippen LogP contribution >= 0.6 is 0 Å². The first-order chi connectivity index (χ1) is 11.5. The van der Waals surface area contributed by atoms with Crippen molar-refractivity contribution < 1.29 is 19.0 Å². The lowest BCUT2D eigenvalue weighted by molar-refractivity contribution is 0.0715. The van der Waals surface area contributed by atoms with Crippen LogP contribution in [0, 0.1) is 6.92 Å². The summed E-state index contributed by atoms with van der Waals surface area (Å²) in [5.74, 6) is 0.918. The average Bonchev–Trinajstić information content (AvgIpc) is 2.85. The molecule has 6 heteroatoms. The number of hydrogen-bond acceptors (Lipinski definition) is 5. The summed E-state index contributed by atoms with van der Waals surface area (Å²) in [6.45, 7) is 4.18. The van der Waals surface area contributed by atoms with E-state index in [0.717, 1.165) is 5.56 Å². The van der Waals surface area contributed by atoms with Gasteiger partial charge in [-0.15, -0.1) is 0 Å². The fraction of sp³-hybridized carbons (Fsp3) is 0.222. The average molecular weight is 327 g/mol. The number of carbonyl (C=O) groups excluding carboxylic acids is 1. The van der Waals surface area contributed by atoms with Crippen molar-refractivity contribution in [3.05, 3.63) is 57.0 Å². The van der Waals surface area contributed by atoms with Crippen LogP contribution in [0.2, 0.25) is 0 Å². The highest BCUT2D eigenvalue weighted by Gasteiger charge is 2.30. The predicted molar refractivity (Wildman–Crippen MR) is 89.2 cm³/mol. The number of fused-ring (bicyclic) bond motifs is 1. The molecule has 0 fully saturated rings. The van der Waals surface area contributed by atoms with Gasteiger partial charge in [-0.3, -0.25) is 4.79 Å². The maximum atomic E-state index is 11.9. The molecule has 0 unspecified atom stereocenters. The van der Waals surface area contributed by atoms with Crippen LogP contribution in [0.25, 0.3) is 11.8 Å². The first kappa shape index (κ1) is 15.9. The second-order valence-electron chi connectivity index (χ2n) is 5.31. The third kappa shape index (κ3) is 2.78. The Kier molecular flexibility index (Phi) is 4.12. The van der Waals surface area contributed by atoms with Gasteiger partial charge in [0.2, 0.25) is 0 Å². The van der Waals surface area contributed by atoms with Crippen LogP contribution in [-0.4, -0.2) is 24.7 Å². The van der Waals surface area contributed by atoms with Crippen LogP contribution in [0.3, 0.4) is 0 Å². The Hall–Kier alpha value is -3.02. The number of aromatic nitrogens is 1. The summed E-state index contributed by atoms with van der Waals surface area (Å²) in [5.41, 5.74) is 1.51. The highest BCUT2D eigenvalue weighted by Crippen LogP contribution is 2.33. The van der Waals surface area contributed by atoms with E-state index in [1.165, 1.54) is 0 Å². The molecule has 3 rings (SSSR count). The zero-order chi connectivity index (χ0) is 17.3. The molecule has 0 spiro atoms. The van der Waals surface area contributed by atoms with Gasteiger partial charge in [-0.05, 0) is 43.7 Å². The van der Waals surface area contributed by atoms with Gasteiger partial charge >= 0.3 is 5.97 Å². The quantitative estimate of drug-likeness (QED) is 0.874. The molecule has 1 aliphatic heterocycles. The molecule has 0 bridgehead atoms. The van der Waals surface area contributed by atoms with Crippen LogP contribution in [-0.2, 0) is 4.74 Å². The Morgan fingerprint density at radius 2 is 2.00 bits per heavy atom. The number of esters is 1. The summed E-state index contributed by atoms with van der Waals surface area (Å²) in [5, 5.41) is 0. The van der Waals surface area contributed by atoms with Crippen molar-refractivity contribution in [1.82, 2.24) is 4.98 Å². The molecule has 2 heterocycles. The second-order valence-corrected chi connectivity index (χ2v) is 5.31. The van der Waals surface area contributed by atoms with Crippen LogP contribution in [0.5, 0.6) is 11.5 Å². The number of aromatic amines is 1. The molecule has 2 aromatic rings. The van der Waals surface area contributed by atoms with Crippen molar-refractivity contribution in [2.75, 3.05) is 13.7 Å². The summed E-state index contributed by atoms with van der Waals surface area (Å²) in [7, 11) is 1.56. The second kappa shape index (κ2) is 6.23. The Labute approximate surface area is 138 Å². The molecule has 1 N–H and O–H groups in total. The number of hydrogen-bond donors (Lipinski definition) is 1. The number of nitrogens with one attached hydrogen (secondary N) is 1. The van der Waals surface area contributed by atoms with E-state index in [2.05, 4.69) is 4.98 Å². The maximum Gasteiger partial charge on any atom is 0.349 e. The lowest BCUT2D eigenvalue weighted by Crippen LogP contribution is -2.16. The lowest BCUT2D eigenvalue weighted by atomic mass is 10.1. The summed E-state index contributed by atoms with van der Waals surface area (Å²) in [4.78, 5) is 26.5. The van der Waals surface area contributed by atoms with E-state index in [0.29, 0.717) is 35.1 Å². The monoisotopic (exact) mass is 327 g/mol. The first-order valence-corrected chi connectivity index (χ1v) is 7.52. The normalized spacial score (nSPS) is 14.5. The Morgan fingerprint density at radius 3 is 2.71 bits per heavy atom. The zero-order valence-corrected chi connectivity index (χ0v) is 13.6. The number of aryl methyl sites for hydroxylation is 1. The minimum Gasteiger partial charge on any atom is -0.493 e. The summed E-state index contributed by atoms with van der Waals surface area (Å²) in [6.07, 6.45) is 1.70. The summed E-state index contributed by atoms with van der Waals surface area (Å²) < 4.78 is 16.0. The Morgan fingerprint density at radius 1 is 1.21 bits per heavy atom. The molecule has 0 atom stereocenters. The first-order valence-electron chi connectivity index (χ1n) is 7.52. The van der Waals surface area contributed by atoms with Gasteiger partial charge in [-0.1, -0.05) is 6.07 Å². The largest absolute Gasteiger partial charge is 0.493 e. The van der Waals surface area contributed by atoms with Gasteiger partial charge in [0.1, 0.15) is 11.3 Å². The zero-order valence-electron chi connectivity index (χ0n) is 13.6. The molecule has 1 aromatic heterocycles. The summed E-state index contributed by atoms with van der Waals surface area (Å²) >= 11 is 0. The SMILES string of the molecule is CCOc1ccc(/C=C2/OC(=O)c3c2cc(C)[nH]c3=O)cc1OC. The fourth-order valence-corrected chi connectivity index (χ4v) is 2.60. The number of ether oxygens (including phenoxy) is 3. The van der Waals surface area contributed by atoms with Gasteiger partial charge < -0.3 is 19.2 Å². The van der Waals surface area contributed by atoms with E-state index in [4.69, 9.17) is 14.2 Å². The third-order valence-corrected chi connectivity index (χ3v) is 3.63. The number of rotatable bonds is 4. The van der Waals surface area contributed by atoms with Gasteiger partial charge in [-0.25, -0.2) is 4.79 Å². The highest BCUT2D eigenvalue weighted by atomic mass is 16.5. The summed E-state index contributed by atoms with van der Waals surface area (Å²) in [6, 6.07) is 7.12. The number of H-pyrrole nitrogens is 1. The Bertz CT molecular complexity index is 895. The van der Waals surface area contributed by atoms with Crippen molar-refractivity contribution in [3.8, 4) is 11.5 Å². The van der Waals surface area contributed by atoms with E-state index in [-0.39, 0.29) is 5.56 Å². The maximum absolute atomic E-state index is 11.9. The number of cyclic esters (lactones) is 1. The van der Waals surface area contributed by atoms with Crippen LogP contribution in [0.4, 0.5) is 0 Å². The molecule has 124 valence electrons. The highest BCUT2D eigenvalue weighted by molar-refractivity contribution is 6.05. The Balaban J connectivity index is 2.06. The molecule has 0 aliphatic carbocycles.